The average Bonchev–Trinajstić information content (AvgIpc) is 2.83. The Bertz CT molecular complexity index is 450. The molecule has 0 aromatic heterocycles. The van der Waals surface area contributed by atoms with E-state index in [1.54, 1.807) is 0 Å². The van der Waals surface area contributed by atoms with Gasteiger partial charge in [-0.2, -0.15) is 0 Å². The molecule has 1 aliphatic heterocycles. The van der Waals surface area contributed by atoms with Crippen LogP contribution < -0.4 is 0 Å². The second-order valence-corrected chi connectivity index (χ2v) is 7.40. The second kappa shape index (κ2) is 5.28. The van der Waals surface area contributed by atoms with E-state index in [-0.39, 0.29) is 0 Å². The molecule has 2 heteroatoms. The van der Waals surface area contributed by atoms with Gasteiger partial charge in [0, 0.05) is 0 Å². The van der Waals surface area contributed by atoms with E-state index in [0.29, 0.717) is 11.3 Å². The first-order valence-electron chi connectivity index (χ1n) is 6.58. The molecule has 0 bridgehead atoms. The fourth-order valence-electron chi connectivity index (χ4n) is 3.00. The van der Waals surface area contributed by atoms with E-state index < -0.39 is 7.80 Å². The van der Waals surface area contributed by atoms with Crippen LogP contribution in [0.5, 0.6) is 0 Å². The molecule has 1 aliphatic rings. The maximum atomic E-state index is 6.59. The molecule has 88 valence electrons. The standard InChI is InChI=1S/C16H17BP/c17-18-15(13-7-3-1-4-8-13)11-12-16(18)14-9-5-2-6-10-14/h1-10,15-16,18H,11-12H2/q+1/t15-,16?/m1/s1. The third-order valence-electron chi connectivity index (χ3n) is 3.95. The summed E-state index contributed by atoms with van der Waals surface area (Å²) in [6.45, 7) is 0. The van der Waals surface area contributed by atoms with Crippen molar-refractivity contribution in [3.63, 3.8) is 0 Å². The van der Waals surface area contributed by atoms with Crippen molar-refractivity contribution in [3.8, 4) is 0 Å². The van der Waals surface area contributed by atoms with Crippen LogP contribution in [0.25, 0.3) is 0 Å². The van der Waals surface area contributed by atoms with Crippen LogP contribution in [-0.4, -0.2) is 7.57 Å². The normalized spacial score (nSPS) is 27.2. The highest BCUT2D eigenvalue weighted by molar-refractivity contribution is 7.82. The van der Waals surface area contributed by atoms with Crippen LogP contribution >= 0.6 is 7.80 Å². The lowest BCUT2D eigenvalue weighted by Gasteiger charge is -2.15. The van der Waals surface area contributed by atoms with Crippen molar-refractivity contribution in [2.75, 3.05) is 0 Å². The first kappa shape index (κ1) is 12.0. The van der Waals surface area contributed by atoms with E-state index in [1.165, 1.54) is 24.0 Å². The molecule has 0 N–H and O–H groups in total. The van der Waals surface area contributed by atoms with Gasteiger partial charge in [-0.05, 0) is 31.8 Å². The van der Waals surface area contributed by atoms with Gasteiger partial charge < -0.3 is 0 Å². The van der Waals surface area contributed by atoms with Crippen molar-refractivity contribution in [1.82, 2.24) is 0 Å². The second-order valence-electron chi connectivity index (χ2n) is 5.00. The molecule has 3 atom stereocenters. The smallest absolute Gasteiger partial charge is 0.0622 e. The van der Waals surface area contributed by atoms with E-state index in [4.69, 9.17) is 7.57 Å². The molecular formula is C16H17BP+. The summed E-state index contributed by atoms with van der Waals surface area (Å²) in [6.07, 6.45) is 2.49. The first-order valence-corrected chi connectivity index (χ1v) is 8.31. The van der Waals surface area contributed by atoms with Crippen molar-refractivity contribution >= 4 is 15.4 Å². The Morgan fingerprint density at radius 3 is 1.50 bits per heavy atom. The summed E-state index contributed by atoms with van der Waals surface area (Å²) in [5.74, 6) is 0. The van der Waals surface area contributed by atoms with Gasteiger partial charge >= 0.3 is 7.57 Å². The van der Waals surface area contributed by atoms with Crippen molar-refractivity contribution in [2.45, 2.75) is 24.2 Å². The molecule has 0 saturated carbocycles. The Balaban J connectivity index is 1.83. The molecule has 2 aromatic carbocycles. The predicted molar refractivity (Wildman–Crippen MR) is 81.7 cm³/mol. The van der Waals surface area contributed by atoms with Crippen LogP contribution in [0.1, 0.15) is 35.3 Å². The topological polar surface area (TPSA) is 0 Å². The molecule has 2 unspecified atom stereocenters. The molecule has 1 heterocycles. The minimum absolute atomic E-state index is 0.612. The summed E-state index contributed by atoms with van der Waals surface area (Å²) in [5, 5.41) is 0. The molecule has 1 saturated heterocycles. The maximum Gasteiger partial charge on any atom is 0.363 e. The van der Waals surface area contributed by atoms with E-state index in [0.717, 1.165) is 0 Å². The molecule has 0 amide bonds. The Hall–Kier alpha value is -1.07. The highest BCUT2D eigenvalue weighted by Gasteiger charge is 2.40. The minimum atomic E-state index is -0.839. The van der Waals surface area contributed by atoms with Crippen molar-refractivity contribution < 1.29 is 0 Å². The summed E-state index contributed by atoms with van der Waals surface area (Å²) < 4.78 is 0. The first-order chi connectivity index (χ1) is 8.86. The number of rotatable bonds is 2. The van der Waals surface area contributed by atoms with Crippen molar-refractivity contribution in [2.24, 2.45) is 0 Å². The zero-order chi connectivity index (χ0) is 12.4. The third kappa shape index (κ3) is 2.25. The highest BCUT2D eigenvalue weighted by atomic mass is 31.1. The van der Waals surface area contributed by atoms with Gasteiger partial charge in [0.15, 0.2) is 0 Å². The van der Waals surface area contributed by atoms with Gasteiger partial charge in [0.2, 0.25) is 0 Å². The predicted octanol–water partition coefficient (Wildman–Crippen LogP) is 4.56. The fourth-order valence-corrected chi connectivity index (χ4v) is 5.64. The van der Waals surface area contributed by atoms with Crippen LogP contribution in [0.15, 0.2) is 60.7 Å². The number of hydrogen-bond donors (Lipinski definition) is 0. The molecule has 2 aromatic rings. The Kier molecular flexibility index (Phi) is 3.52. The van der Waals surface area contributed by atoms with Crippen molar-refractivity contribution in [3.05, 3.63) is 71.8 Å². The SMILES string of the molecule is [B][PH+]1C(c2ccccc2)CC[C@@H]1c1ccccc1. The number of benzene rings is 2. The van der Waals surface area contributed by atoms with Gasteiger partial charge in [0.1, 0.15) is 0 Å². The summed E-state index contributed by atoms with van der Waals surface area (Å²) in [6, 6.07) is 21.6. The lowest BCUT2D eigenvalue weighted by atomic mass is 10.0. The zero-order valence-corrected chi connectivity index (χ0v) is 11.4. The van der Waals surface area contributed by atoms with Crippen LogP contribution in [0.3, 0.4) is 0 Å². The van der Waals surface area contributed by atoms with E-state index in [1.807, 2.05) is 0 Å². The number of hydrogen-bond acceptors (Lipinski definition) is 0. The fraction of sp³-hybridized carbons (Fsp3) is 0.250. The minimum Gasteiger partial charge on any atom is -0.0622 e. The van der Waals surface area contributed by atoms with Gasteiger partial charge in [-0.15, -0.1) is 0 Å². The molecule has 0 spiro atoms. The maximum absolute atomic E-state index is 6.59. The van der Waals surface area contributed by atoms with Gasteiger partial charge in [0.05, 0.1) is 11.3 Å². The average molecular weight is 251 g/mol. The van der Waals surface area contributed by atoms with Crippen LogP contribution in [0.2, 0.25) is 0 Å². The Labute approximate surface area is 112 Å². The molecule has 0 aliphatic carbocycles. The Morgan fingerprint density at radius 1 is 0.722 bits per heavy atom. The van der Waals surface area contributed by atoms with Crippen LogP contribution in [-0.2, 0) is 0 Å². The van der Waals surface area contributed by atoms with E-state index in [2.05, 4.69) is 60.7 Å². The van der Waals surface area contributed by atoms with Gasteiger partial charge in [-0.25, -0.2) is 0 Å². The Morgan fingerprint density at radius 2 is 1.11 bits per heavy atom. The molecule has 2 radical (unpaired) electrons. The molecular weight excluding hydrogens is 234 g/mol. The van der Waals surface area contributed by atoms with Crippen LogP contribution in [0, 0.1) is 0 Å². The van der Waals surface area contributed by atoms with Gasteiger partial charge in [-0.1, -0.05) is 60.7 Å². The third-order valence-corrected chi connectivity index (χ3v) is 6.81. The molecule has 1 fully saturated rings. The van der Waals surface area contributed by atoms with Gasteiger partial charge in [-0.3, -0.25) is 0 Å². The molecule has 0 nitrogen and oxygen atoms in total. The molecule has 3 rings (SSSR count). The lowest BCUT2D eigenvalue weighted by molar-refractivity contribution is 0.765. The summed E-state index contributed by atoms with van der Waals surface area (Å²) in [5.41, 5.74) is 4.10. The largest absolute Gasteiger partial charge is 0.363 e. The van der Waals surface area contributed by atoms with Crippen molar-refractivity contribution in [1.29, 1.82) is 0 Å². The lowest BCUT2D eigenvalue weighted by Crippen LogP contribution is -1.93. The van der Waals surface area contributed by atoms with Gasteiger partial charge in [0.25, 0.3) is 0 Å². The summed E-state index contributed by atoms with van der Waals surface area (Å²) in [4.78, 5) is 0. The molecule has 18 heavy (non-hydrogen) atoms. The van der Waals surface area contributed by atoms with Crippen LogP contribution in [0.4, 0.5) is 0 Å². The van der Waals surface area contributed by atoms with E-state index >= 15 is 0 Å². The highest BCUT2D eigenvalue weighted by Crippen LogP contribution is 2.67. The summed E-state index contributed by atoms with van der Waals surface area (Å²) >= 11 is 0. The van der Waals surface area contributed by atoms with E-state index in [9.17, 15) is 0 Å². The zero-order valence-electron chi connectivity index (χ0n) is 10.4. The summed E-state index contributed by atoms with van der Waals surface area (Å²) in [7, 11) is 5.75. The quantitative estimate of drug-likeness (QED) is 0.542. The monoisotopic (exact) mass is 251 g/mol.